The lowest BCUT2D eigenvalue weighted by atomic mass is 10.0. The number of aryl methyl sites for hydroxylation is 1. The standard InChI is InChI=1S/C15H24N4O2/c1-3-4-13-7-12(8-14(18-13)19-16)15(20)17-10(2)11-5-6-21-9-11/h7-8,10-11H,3-6,9,16H2,1-2H3,(H,17,20)(H,18,19). The lowest BCUT2D eigenvalue weighted by Gasteiger charge is -2.19. The molecule has 2 heterocycles. The molecule has 1 aliphatic heterocycles. The molecule has 0 aliphatic carbocycles. The average molecular weight is 292 g/mol. The topological polar surface area (TPSA) is 89.3 Å². The van der Waals surface area contributed by atoms with Gasteiger partial charge in [0.2, 0.25) is 0 Å². The molecule has 21 heavy (non-hydrogen) atoms. The highest BCUT2D eigenvalue weighted by Crippen LogP contribution is 2.17. The zero-order valence-electron chi connectivity index (χ0n) is 12.7. The quantitative estimate of drug-likeness (QED) is 0.546. The van der Waals surface area contributed by atoms with Crippen molar-refractivity contribution in [1.82, 2.24) is 10.3 Å². The van der Waals surface area contributed by atoms with Gasteiger partial charge in [-0.05, 0) is 31.9 Å². The first-order valence-corrected chi connectivity index (χ1v) is 7.50. The molecular formula is C15H24N4O2. The summed E-state index contributed by atoms with van der Waals surface area (Å²) in [7, 11) is 0. The summed E-state index contributed by atoms with van der Waals surface area (Å²) in [5.41, 5.74) is 3.98. The molecule has 0 radical (unpaired) electrons. The summed E-state index contributed by atoms with van der Waals surface area (Å²) in [5, 5.41) is 3.04. The highest BCUT2D eigenvalue weighted by Gasteiger charge is 2.24. The van der Waals surface area contributed by atoms with Gasteiger partial charge in [-0.25, -0.2) is 10.8 Å². The second-order valence-electron chi connectivity index (χ2n) is 5.51. The lowest BCUT2D eigenvalue weighted by molar-refractivity contribution is 0.0922. The van der Waals surface area contributed by atoms with Crippen LogP contribution in [0.1, 0.15) is 42.7 Å². The zero-order chi connectivity index (χ0) is 15.2. The number of rotatable bonds is 6. The van der Waals surface area contributed by atoms with Crippen LogP contribution in [0.4, 0.5) is 5.82 Å². The van der Waals surface area contributed by atoms with Gasteiger partial charge in [-0.1, -0.05) is 13.3 Å². The fourth-order valence-corrected chi connectivity index (χ4v) is 2.53. The number of nitrogen functional groups attached to an aromatic ring is 1. The second kappa shape index (κ2) is 7.38. The van der Waals surface area contributed by atoms with E-state index < -0.39 is 0 Å². The monoisotopic (exact) mass is 292 g/mol. The Bertz CT molecular complexity index is 487. The highest BCUT2D eigenvalue weighted by molar-refractivity contribution is 5.95. The molecule has 2 atom stereocenters. The van der Waals surface area contributed by atoms with Crippen LogP contribution in [-0.4, -0.2) is 30.1 Å². The Morgan fingerprint density at radius 1 is 1.57 bits per heavy atom. The first kappa shape index (κ1) is 15.7. The Balaban J connectivity index is 2.08. The summed E-state index contributed by atoms with van der Waals surface area (Å²) >= 11 is 0. The molecule has 0 saturated carbocycles. The van der Waals surface area contributed by atoms with E-state index in [-0.39, 0.29) is 11.9 Å². The number of hydrazine groups is 1. The molecule has 0 bridgehead atoms. The van der Waals surface area contributed by atoms with Crippen LogP contribution in [0.25, 0.3) is 0 Å². The van der Waals surface area contributed by atoms with Crippen molar-refractivity contribution in [2.45, 2.75) is 39.2 Å². The molecule has 6 heteroatoms. The number of hydrogen-bond donors (Lipinski definition) is 3. The molecule has 6 nitrogen and oxygen atoms in total. The van der Waals surface area contributed by atoms with Crippen LogP contribution >= 0.6 is 0 Å². The maximum atomic E-state index is 12.4. The fraction of sp³-hybridized carbons (Fsp3) is 0.600. The molecule has 1 amide bonds. The van der Waals surface area contributed by atoms with Crippen molar-refractivity contribution in [1.29, 1.82) is 0 Å². The summed E-state index contributed by atoms with van der Waals surface area (Å²) in [5.74, 6) is 6.24. The van der Waals surface area contributed by atoms with E-state index >= 15 is 0 Å². The predicted octanol–water partition coefficient (Wildman–Crippen LogP) is 1.47. The van der Waals surface area contributed by atoms with Crippen molar-refractivity contribution < 1.29 is 9.53 Å². The predicted molar refractivity (Wildman–Crippen MR) is 81.9 cm³/mol. The first-order valence-electron chi connectivity index (χ1n) is 7.50. The minimum absolute atomic E-state index is 0.0920. The van der Waals surface area contributed by atoms with E-state index in [0.717, 1.165) is 31.6 Å². The Hall–Kier alpha value is -1.66. The van der Waals surface area contributed by atoms with Gasteiger partial charge < -0.3 is 15.5 Å². The van der Waals surface area contributed by atoms with Gasteiger partial charge in [-0.15, -0.1) is 0 Å². The van der Waals surface area contributed by atoms with Gasteiger partial charge in [0.25, 0.3) is 5.91 Å². The van der Waals surface area contributed by atoms with Gasteiger partial charge in [0.1, 0.15) is 5.82 Å². The Morgan fingerprint density at radius 2 is 2.38 bits per heavy atom. The normalized spacial score (nSPS) is 19.3. The summed E-state index contributed by atoms with van der Waals surface area (Å²) in [6.45, 7) is 5.59. The minimum atomic E-state index is -0.0920. The Kier molecular flexibility index (Phi) is 5.52. The van der Waals surface area contributed by atoms with Crippen LogP contribution in [0.5, 0.6) is 0 Å². The Morgan fingerprint density at radius 3 is 3.00 bits per heavy atom. The maximum absolute atomic E-state index is 12.4. The summed E-state index contributed by atoms with van der Waals surface area (Å²) in [6, 6.07) is 3.60. The van der Waals surface area contributed by atoms with Gasteiger partial charge in [0.15, 0.2) is 0 Å². The fourth-order valence-electron chi connectivity index (χ4n) is 2.53. The molecule has 1 saturated heterocycles. The number of nitrogens with two attached hydrogens (primary N) is 1. The number of carbonyl (C=O) groups excluding carboxylic acids is 1. The van der Waals surface area contributed by atoms with Crippen LogP contribution in [0.3, 0.4) is 0 Å². The van der Waals surface area contributed by atoms with E-state index in [1.54, 1.807) is 6.07 Å². The van der Waals surface area contributed by atoms with Gasteiger partial charge in [-0.3, -0.25) is 4.79 Å². The van der Waals surface area contributed by atoms with E-state index in [9.17, 15) is 4.79 Å². The lowest BCUT2D eigenvalue weighted by Crippen LogP contribution is -2.38. The van der Waals surface area contributed by atoms with Crippen LogP contribution < -0.4 is 16.6 Å². The third-order valence-electron chi connectivity index (χ3n) is 3.83. The highest BCUT2D eigenvalue weighted by atomic mass is 16.5. The molecule has 1 fully saturated rings. The molecule has 1 aromatic heterocycles. The number of nitrogens with zero attached hydrogens (tertiary/aromatic N) is 1. The van der Waals surface area contributed by atoms with Crippen LogP contribution in [0.2, 0.25) is 0 Å². The summed E-state index contributed by atoms with van der Waals surface area (Å²) in [6.07, 6.45) is 2.79. The third-order valence-corrected chi connectivity index (χ3v) is 3.83. The number of hydrogen-bond acceptors (Lipinski definition) is 5. The van der Waals surface area contributed by atoms with E-state index in [2.05, 4.69) is 22.7 Å². The van der Waals surface area contributed by atoms with Gasteiger partial charge in [-0.2, -0.15) is 0 Å². The number of pyridine rings is 1. The molecule has 2 rings (SSSR count). The zero-order valence-corrected chi connectivity index (χ0v) is 12.7. The van der Waals surface area contributed by atoms with Crippen molar-refractivity contribution in [2.24, 2.45) is 11.8 Å². The van der Waals surface area contributed by atoms with Crippen molar-refractivity contribution in [2.75, 3.05) is 18.6 Å². The van der Waals surface area contributed by atoms with E-state index in [0.29, 0.717) is 23.9 Å². The third kappa shape index (κ3) is 4.15. The molecule has 4 N–H and O–H groups in total. The minimum Gasteiger partial charge on any atom is -0.381 e. The number of nitrogens with one attached hydrogen (secondary N) is 2. The van der Waals surface area contributed by atoms with Crippen molar-refractivity contribution in [3.8, 4) is 0 Å². The van der Waals surface area contributed by atoms with Gasteiger partial charge in [0, 0.05) is 29.8 Å². The van der Waals surface area contributed by atoms with E-state index in [1.165, 1.54) is 0 Å². The van der Waals surface area contributed by atoms with Crippen molar-refractivity contribution in [3.05, 3.63) is 23.4 Å². The Labute approximate surface area is 125 Å². The molecular weight excluding hydrogens is 268 g/mol. The first-order chi connectivity index (χ1) is 10.1. The number of carbonyl (C=O) groups is 1. The molecule has 1 aliphatic rings. The van der Waals surface area contributed by atoms with Gasteiger partial charge in [0.05, 0.1) is 6.61 Å². The SMILES string of the molecule is CCCc1cc(C(=O)NC(C)C2CCOC2)cc(NN)n1. The molecule has 0 spiro atoms. The van der Waals surface area contributed by atoms with Crippen molar-refractivity contribution in [3.63, 3.8) is 0 Å². The molecule has 2 unspecified atom stereocenters. The van der Waals surface area contributed by atoms with E-state index in [4.69, 9.17) is 10.6 Å². The maximum Gasteiger partial charge on any atom is 0.251 e. The largest absolute Gasteiger partial charge is 0.381 e. The number of anilines is 1. The number of ether oxygens (including phenoxy) is 1. The number of aromatic nitrogens is 1. The molecule has 1 aromatic rings. The summed E-state index contributed by atoms with van der Waals surface area (Å²) in [4.78, 5) is 16.7. The van der Waals surface area contributed by atoms with E-state index in [1.807, 2.05) is 13.0 Å². The van der Waals surface area contributed by atoms with Crippen LogP contribution in [0.15, 0.2) is 12.1 Å². The summed E-state index contributed by atoms with van der Waals surface area (Å²) < 4.78 is 5.37. The van der Waals surface area contributed by atoms with Crippen LogP contribution in [0, 0.1) is 5.92 Å². The average Bonchev–Trinajstić information content (AvgIpc) is 3.01. The smallest absolute Gasteiger partial charge is 0.251 e. The van der Waals surface area contributed by atoms with Gasteiger partial charge >= 0.3 is 0 Å². The number of amides is 1. The van der Waals surface area contributed by atoms with Crippen LogP contribution in [-0.2, 0) is 11.2 Å². The molecule has 0 aromatic carbocycles. The molecule has 116 valence electrons. The van der Waals surface area contributed by atoms with Crippen molar-refractivity contribution >= 4 is 11.7 Å². The second-order valence-corrected chi connectivity index (χ2v) is 5.51.